The van der Waals surface area contributed by atoms with Crippen LogP contribution >= 0.6 is 0 Å². The standard InChI is InChI=1S/C16H30/c1-6-7-8-9-12-15(4)16(5)13-10-11-14(2)3/h11H,6-10,12-13H2,1-5H3/b16-15+. The first-order valence-electron chi connectivity index (χ1n) is 6.86. The Morgan fingerprint density at radius 2 is 1.44 bits per heavy atom. The quantitative estimate of drug-likeness (QED) is 0.347. The summed E-state index contributed by atoms with van der Waals surface area (Å²) in [5.74, 6) is 0. The van der Waals surface area contributed by atoms with Gasteiger partial charge in [-0.15, -0.1) is 0 Å². The zero-order valence-corrected chi connectivity index (χ0v) is 12.0. The van der Waals surface area contributed by atoms with E-state index in [4.69, 9.17) is 0 Å². The van der Waals surface area contributed by atoms with Crippen molar-refractivity contribution in [2.75, 3.05) is 0 Å². The number of hydrogen-bond donors (Lipinski definition) is 0. The average Bonchev–Trinajstić information content (AvgIpc) is 2.23. The van der Waals surface area contributed by atoms with E-state index in [1.54, 1.807) is 11.1 Å². The van der Waals surface area contributed by atoms with Crippen LogP contribution in [0, 0.1) is 0 Å². The van der Waals surface area contributed by atoms with Crippen LogP contribution in [0.5, 0.6) is 0 Å². The van der Waals surface area contributed by atoms with Crippen LogP contribution in [-0.2, 0) is 0 Å². The summed E-state index contributed by atoms with van der Waals surface area (Å²) in [6, 6.07) is 0. The number of allylic oxidation sites excluding steroid dienone is 4. The largest absolute Gasteiger partial charge is 0.0856 e. The maximum atomic E-state index is 2.34. The third kappa shape index (κ3) is 8.76. The molecule has 0 atom stereocenters. The highest BCUT2D eigenvalue weighted by Gasteiger charge is 1.97. The summed E-state index contributed by atoms with van der Waals surface area (Å²) in [7, 11) is 0. The van der Waals surface area contributed by atoms with Gasteiger partial charge in [-0.25, -0.2) is 0 Å². The van der Waals surface area contributed by atoms with Gasteiger partial charge in [-0.1, -0.05) is 49.0 Å². The van der Waals surface area contributed by atoms with Gasteiger partial charge >= 0.3 is 0 Å². The summed E-state index contributed by atoms with van der Waals surface area (Å²) < 4.78 is 0. The summed E-state index contributed by atoms with van der Waals surface area (Å²) in [5, 5.41) is 0. The topological polar surface area (TPSA) is 0 Å². The second kappa shape index (κ2) is 9.69. The first kappa shape index (κ1) is 15.5. The highest BCUT2D eigenvalue weighted by molar-refractivity contribution is 5.10. The van der Waals surface area contributed by atoms with Crippen LogP contribution in [-0.4, -0.2) is 0 Å². The van der Waals surface area contributed by atoms with Crippen LogP contribution in [0.15, 0.2) is 22.8 Å². The first-order chi connectivity index (χ1) is 7.57. The van der Waals surface area contributed by atoms with Gasteiger partial charge in [0.15, 0.2) is 0 Å². The van der Waals surface area contributed by atoms with Gasteiger partial charge in [0, 0.05) is 0 Å². The molecule has 16 heavy (non-hydrogen) atoms. The summed E-state index contributed by atoms with van der Waals surface area (Å²) in [5.41, 5.74) is 4.67. The van der Waals surface area contributed by atoms with Crippen LogP contribution < -0.4 is 0 Å². The highest BCUT2D eigenvalue weighted by atomic mass is 14.0. The molecule has 0 heterocycles. The van der Waals surface area contributed by atoms with Crippen LogP contribution in [0.2, 0.25) is 0 Å². The molecule has 0 aromatic heterocycles. The van der Waals surface area contributed by atoms with E-state index >= 15 is 0 Å². The fourth-order valence-electron chi connectivity index (χ4n) is 1.82. The van der Waals surface area contributed by atoms with E-state index in [2.05, 4.69) is 40.7 Å². The maximum absolute atomic E-state index is 2.34. The van der Waals surface area contributed by atoms with Crippen molar-refractivity contribution in [2.24, 2.45) is 0 Å². The molecule has 0 heteroatoms. The Morgan fingerprint density at radius 3 is 2.00 bits per heavy atom. The summed E-state index contributed by atoms with van der Waals surface area (Å²) in [4.78, 5) is 0. The van der Waals surface area contributed by atoms with Crippen molar-refractivity contribution in [2.45, 2.75) is 79.6 Å². The van der Waals surface area contributed by atoms with Crippen molar-refractivity contribution in [3.8, 4) is 0 Å². The SMILES string of the molecule is CCCCCC/C(C)=C(\C)CCC=C(C)C. The van der Waals surface area contributed by atoms with Crippen molar-refractivity contribution < 1.29 is 0 Å². The second-order valence-corrected chi connectivity index (χ2v) is 5.19. The van der Waals surface area contributed by atoms with Crippen molar-refractivity contribution in [3.05, 3.63) is 22.8 Å². The van der Waals surface area contributed by atoms with Crippen molar-refractivity contribution in [3.63, 3.8) is 0 Å². The number of hydrogen-bond acceptors (Lipinski definition) is 0. The summed E-state index contributed by atoms with van der Waals surface area (Å²) >= 11 is 0. The zero-order valence-electron chi connectivity index (χ0n) is 12.0. The predicted molar refractivity (Wildman–Crippen MR) is 75.8 cm³/mol. The molecule has 94 valence electrons. The fraction of sp³-hybridized carbons (Fsp3) is 0.750. The Bertz CT molecular complexity index is 226. The molecule has 0 bridgehead atoms. The van der Waals surface area contributed by atoms with Crippen molar-refractivity contribution in [1.29, 1.82) is 0 Å². The Hall–Kier alpha value is -0.520. The van der Waals surface area contributed by atoms with Gasteiger partial charge in [0.2, 0.25) is 0 Å². The minimum atomic E-state index is 1.21. The van der Waals surface area contributed by atoms with Crippen LogP contribution in [0.25, 0.3) is 0 Å². The Labute approximate surface area is 103 Å². The van der Waals surface area contributed by atoms with Crippen molar-refractivity contribution >= 4 is 0 Å². The third-order valence-corrected chi connectivity index (χ3v) is 3.21. The summed E-state index contributed by atoms with van der Waals surface area (Å²) in [6.07, 6.45) is 11.6. The molecule has 0 radical (unpaired) electrons. The molecule has 0 spiro atoms. The minimum Gasteiger partial charge on any atom is -0.0856 e. The third-order valence-electron chi connectivity index (χ3n) is 3.21. The molecule has 0 amide bonds. The lowest BCUT2D eigenvalue weighted by Crippen LogP contribution is -1.86. The van der Waals surface area contributed by atoms with E-state index in [-0.39, 0.29) is 0 Å². The van der Waals surface area contributed by atoms with E-state index in [9.17, 15) is 0 Å². The van der Waals surface area contributed by atoms with Gasteiger partial charge in [0.05, 0.1) is 0 Å². The highest BCUT2D eigenvalue weighted by Crippen LogP contribution is 2.17. The Kier molecular flexibility index (Phi) is 9.37. The molecule has 0 aromatic carbocycles. The molecule has 0 fully saturated rings. The lowest BCUT2D eigenvalue weighted by Gasteiger charge is -2.07. The van der Waals surface area contributed by atoms with E-state index < -0.39 is 0 Å². The molecule has 0 aromatic rings. The molecule has 0 saturated heterocycles. The predicted octanol–water partition coefficient (Wildman–Crippen LogP) is 6.04. The Balaban J connectivity index is 3.81. The lowest BCUT2D eigenvalue weighted by atomic mass is 10.00. The normalized spacial score (nSPS) is 12.3. The van der Waals surface area contributed by atoms with E-state index in [0.29, 0.717) is 0 Å². The van der Waals surface area contributed by atoms with Crippen LogP contribution in [0.1, 0.15) is 79.6 Å². The van der Waals surface area contributed by atoms with Crippen molar-refractivity contribution in [1.82, 2.24) is 0 Å². The van der Waals surface area contributed by atoms with Crippen LogP contribution in [0.3, 0.4) is 0 Å². The van der Waals surface area contributed by atoms with Gasteiger partial charge < -0.3 is 0 Å². The molecule has 0 N–H and O–H groups in total. The molecule has 0 rings (SSSR count). The molecular formula is C16H30. The molecule has 0 saturated carbocycles. The number of unbranched alkanes of at least 4 members (excludes halogenated alkanes) is 3. The minimum absolute atomic E-state index is 1.21. The first-order valence-corrected chi connectivity index (χ1v) is 6.86. The van der Waals surface area contributed by atoms with Crippen LogP contribution in [0.4, 0.5) is 0 Å². The van der Waals surface area contributed by atoms with E-state index in [1.165, 1.54) is 50.5 Å². The monoisotopic (exact) mass is 222 g/mol. The van der Waals surface area contributed by atoms with Gasteiger partial charge in [-0.3, -0.25) is 0 Å². The molecule has 0 nitrogen and oxygen atoms in total. The van der Waals surface area contributed by atoms with Gasteiger partial charge in [0.25, 0.3) is 0 Å². The van der Waals surface area contributed by atoms with Gasteiger partial charge in [-0.2, -0.15) is 0 Å². The smallest absolute Gasteiger partial charge is 0.0286 e. The average molecular weight is 222 g/mol. The fourth-order valence-corrected chi connectivity index (χ4v) is 1.82. The van der Waals surface area contributed by atoms with E-state index in [0.717, 1.165) is 0 Å². The molecule has 0 aliphatic rings. The molecular weight excluding hydrogens is 192 g/mol. The second-order valence-electron chi connectivity index (χ2n) is 5.19. The maximum Gasteiger partial charge on any atom is -0.0286 e. The molecule has 0 unspecified atom stereocenters. The van der Waals surface area contributed by atoms with Gasteiger partial charge in [-0.05, 0) is 53.4 Å². The molecule has 0 aliphatic carbocycles. The molecule has 0 aliphatic heterocycles. The van der Waals surface area contributed by atoms with Gasteiger partial charge in [0.1, 0.15) is 0 Å². The lowest BCUT2D eigenvalue weighted by molar-refractivity contribution is 0.660. The number of rotatable bonds is 8. The summed E-state index contributed by atoms with van der Waals surface area (Å²) in [6.45, 7) is 11.2. The zero-order chi connectivity index (χ0) is 12.4. The Morgan fingerprint density at radius 1 is 0.812 bits per heavy atom. The van der Waals surface area contributed by atoms with E-state index in [1.807, 2.05) is 0 Å².